The number of hydrogen-bond donors (Lipinski definition) is 2. The number of benzene rings is 1. The molecule has 12 heteroatoms. The molecule has 4 aromatic rings. The Hall–Kier alpha value is -3.99. The zero-order chi connectivity index (χ0) is 26.3. The van der Waals surface area contributed by atoms with Gasteiger partial charge in [0, 0.05) is 42.2 Å². The summed E-state index contributed by atoms with van der Waals surface area (Å²) in [6.45, 7) is 5.50. The summed E-state index contributed by atoms with van der Waals surface area (Å²) in [5.41, 5.74) is 1.72. The maximum absolute atomic E-state index is 14.4. The topological polar surface area (TPSA) is 128 Å². The minimum Gasteiger partial charge on any atom is -0.501 e. The molecule has 0 bridgehead atoms. The second-order valence-electron chi connectivity index (χ2n) is 8.54. The van der Waals surface area contributed by atoms with Gasteiger partial charge in [0.25, 0.3) is 11.5 Å². The Balaban J connectivity index is 1.91. The van der Waals surface area contributed by atoms with Crippen LogP contribution in [0.4, 0.5) is 10.1 Å². The SMILES string of the molecule is Cc1nn(C)c(C)c1[C@H](c1cc(F)ccc1Cl)[C@@H](C)c1nc(C(=O)Nc2cnoc2)c(O)c(=O)n1C. The van der Waals surface area contributed by atoms with Gasteiger partial charge < -0.3 is 14.9 Å². The molecule has 188 valence electrons. The van der Waals surface area contributed by atoms with Crippen molar-refractivity contribution < 1.29 is 18.8 Å². The van der Waals surface area contributed by atoms with Crippen LogP contribution in [0.5, 0.6) is 5.75 Å². The van der Waals surface area contributed by atoms with Gasteiger partial charge in [-0.1, -0.05) is 23.7 Å². The second kappa shape index (κ2) is 9.57. The number of aromatic nitrogens is 5. The molecule has 36 heavy (non-hydrogen) atoms. The largest absolute Gasteiger partial charge is 0.501 e. The summed E-state index contributed by atoms with van der Waals surface area (Å²) >= 11 is 6.54. The fraction of sp³-hybridized carbons (Fsp3) is 0.292. The van der Waals surface area contributed by atoms with Gasteiger partial charge in [0.15, 0.2) is 5.69 Å². The molecule has 0 radical (unpaired) electrons. The van der Waals surface area contributed by atoms with Crippen LogP contribution in [-0.2, 0) is 14.1 Å². The fourth-order valence-corrected chi connectivity index (χ4v) is 4.68. The predicted molar refractivity (Wildman–Crippen MR) is 130 cm³/mol. The number of nitrogens with zero attached hydrogens (tertiary/aromatic N) is 5. The molecular formula is C24H24ClFN6O4. The molecule has 3 heterocycles. The van der Waals surface area contributed by atoms with Gasteiger partial charge in [-0.25, -0.2) is 9.37 Å². The molecule has 1 aromatic carbocycles. The molecule has 3 aromatic heterocycles. The van der Waals surface area contributed by atoms with Gasteiger partial charge in [-0.15, -0.1) is 0 Å². The molecule has 0 spiro atoms. The lowest BCUT2D eigenvalue weighted by Crippen LogP contribution is -2.29. The zero-order valence-electron chi connectivity index (χ0n) is 20.2. The van der Waals surface area contributed by atoms with Crippen molar-refractivity contribution in [2.24, 2.45) is 14.1 Å². The lowest BCUT2D eigenvalue weighted by molar-refractivity contribution is 0.101. The van der Waals surface area contributed by atoms with E-state index in [0.717, 1.165) is 15.8 Å². The van der Waals surface area contributed by atoms with Crippen molar-refractivity contribution >= 4 is 23.2 Å². The minimum absolute atomic E-state index is 0.182. The molecule has 0 saturated carbocycles. The Morgan fingerprint density at radius 2 is 2.00 bits per heavy atom. The van der Waals surface area contributed by atoms with Gasteiger partial charge in [0.05, 0.1) is 11.9 Å². The van der Waals surface area contributed by atoms with Crippen LogP contribution in [-0.4, -0.2) is 35.5 Å². The van der Waals surface area contributed by atoms with Crippen LogP contribution < -0.4 is 10.9 Å². The Kier molecular flexibility index (Phi) is 6.68. The highest BCUT2D eigenvalue weighted by atomic mass is 35.5. The predicted octanol–water partition coefficient (Wildman–Crippen LogP) is 3.80. The van der Waals surface area contributed by atoms with E-state index in [1.54, 1.807) is 18.7 Å². The molecule has 0 aliphatic rings. The number of carbonyl (C=O) groups excluding carboxylic acids is 1. The third kappa shape index (κ3) is 4.37. The van der Waals surface area contributed by atoms with Gasteiger partial charge in [-0.2, -0.15) is 5.10 Å². The molecule has 0 unspecified atom stereocenters. The second-order valence-corrected chi connectivity index (χ2v) is 8.95. The van der Waals surface area contributed by atoms with E-state index >= 15 is 0 Å². The molecule has 1 amide bonds. The molecular weight excluding hydrogens is 491 g/mol. The first-order chi connectivity index (χ1) is 17.0. The summed E-state index contributed by atoms with van der Waals surface area (Å²) in [5, 5.41) is 21.2. The Bertz CT molecular complexity index is 1510. The van der Waals surface area contributed by atoms with E-state index in [1.165, 1.54) is 37.7 Å². The summed E-state index contributed by atoms with van der Waals surface area (Å²) in [6, 6.07) is 4.07. The normalized spacial score (nSPS) is 13.0. The molecule has 4 rings (SSSR count). The number of nitrogens with one attached hydrogen (secondary N) is 1. The van der Waals surface area contributed by atoms with Crippen LogP contribution in [0.15, 0.2) is 40.0 Å². The number of hydrogen-bond acceptors (Lipinski definition) is 7. The number of anilines is 1. The number of carbonyl (C=O) groups is 1. The third-order valence-electron chi connectivity index (χ3n) is 6.28. The van der Waals surface area contributed by atoms with Crippen LogP contribution in [0.3, 0.4) is 0 Å². The van der Waals surface area contributed by atoms with Gasteiger partial charge in [-0.05, 0) is 37.6 Å². The monoisotopic (exact) mass is 514 g/mol. The molecule has 0 aliphatic carbocycles. The molecule has 10 nitrogen and oxygen atoms in total. The van der Waals surface area contributed by atoms with Gasteiger partial charge in [0.1, 0.15) is 23.6 Å². The van der Waals surface area contributed by atoms with E-state index in [2.05, 4.69) is 20.6 Å². The smallest absolute Gasteiger partial charge is 0.296 e. The highest BCUT2D eigenvalue weighted by Crippen LogP contribution is 2.43. The van der Waals surface area contributed by atoms with Crippen molar-refractivity contribution in [2.75, 3.05) is 5.32 Å². The molecule has 2 atom stereocenters. The molecule has 2 N–H and O–H groups in total. The van der Waals surface area contributed by atoms with E-state index in [1.807, 2.05) is 13.8 Å². The maximum Gasteiger partial charge on any atom is 0.296 e. The highest BCUT2D eigenvalue weighted by molar-refractivity contribution is 6.31. The van der Waals surface area contributed by atoms with Crippen LogP contribution in [0.1, 0.15) is 57.6 Å². The summed E-state index contributed by atoms with van der Waals surface area (Å²) in [4.78, 5) is 30.2. The van der Waals surface area contributed by atoms with Gasteiger partial charge >= 0.3 is 0 Å². The lowest BCUT2D eigenvalue weighted by atomic mass is 9.79. The lowest BCUT2D eigenvalue weighted by Gasteiger charge is -2.27. The quantitative estimate of drug-likeness (QED) is 0.400. The van der Waals surface area contributed by atoms with E-state index in [4.69, 9.17) is 16.1 Å². The number of halogens is 2. The van der Waals surface area contributed by atoms with Crippen molar-refractivity contribution in [1.29, 1.82) is 0 Å². The van der Waals surface area contributed by atoms with Gasteiger partial charge in [-0.3, -0.25) is 18.8 Å². The van der Waals surface area contributed by atoms with E-state index in [9.17, 15) is 19.1 Å². The summed E-state index contributed by atoms with van der Waals surface area (Å²) in [6.07, 6.45) is 2.45. The number of aryl methyl sites for hydroxylation is 2. The average Bonchev–Trinajstić information content (AvgIpc) is 3.43. The Morgan fingerprint density at radius 1 is 1.28 bits per heavy atom. The third-order valence-corrected chi connectivity index (χ3v) is 6.63. The van der Waals surface area contributed by atoms with Crippen LogP contribution in [0, 0.1) is 19.7 Å². The molecule has 0 saturated heterocycles. The van der Waals surface area contributed by atoms with Crippen molar-refractivity contribution in [3.63, 3.8) is 0 Å². The first-order valence-electron chi connectivity index (χ1n) is 11.0. The minimum atomic E-state index is -0.823. The number of rotatable bonds is 6. The average molecular weight is 515 g/mol. The fourth-order valence-electron chi connectivity index (χ4n) is 4.45. The van der Waals surface area contributed by atoms with Gasteiger partial charge in [0.2, 0.25) is 5.75 Å². The standard InChI is InChI=1S/C24H24ClFN6O4/c1-11(18(16-8-14(26)6-7-17(16)25)19-12(2)30-32(5)13(19)3)22-29-20(21(33)24(35)31(22)4)23(34)28-15-9-27-36-10-15/h6-11,18,33H,1-5H3,(H,28,34)/t11-,18+/m1/s1. The first-order valence-corrected chi connectivity index (χ1v) is 11.3. The Morgan fingerprint density at radius 3 is 2.61 bits per heavy atom. The van der Waals surface area contributed by atoms with Crippen LogP contribution in [0.2, 0.25) is 5.02 Å². The van der Waals surface area contributed by atoms with Crippen LogP contribution in [0.25, 0.3) is 0 Å². The van der Waals surface area contributed by atoms with E-state index in [0.29, 0.717) is 16.3 Å². The highest BCUT2D eigenvalue weighted by Gasteiger charge is 2.33. The zero-order valence-corrected chi connectivity index (χ0v) is 21.0. The van der Waals surface area contributed by atoms with Crippen molar-refractivity contribution in [1.82, 2.24) is 24.5 Å². The van der Waals surface area contributed by atoms with Crippen LogP contribution >= 0.6 is 11.6 Å². The molecule has 0 fully saturated rings. The summed E-state index contributed by atoms with van der Waals surface area (Å²) in [7, 11) is 3.23. The Labute approximate surface area is 210 Å². The van der Waals surface area contributed by atoms with Crippen molar-refractivity contribution in [2.45, 2.75) is 32.6 Å². The van der Waals surface area contributed by atoms with E-state index < -0.39 is 40.6 Å². The first kappa shape index (κ1) is 25.1. The number of amides is 1. The summed E-state index contributed by atoms with van der Waals surface area (Å²) < 4.78 is 22.0. The summed E-state index contributed by atoms with van der Waals surface area (Å²) in [5.74, 6) is -3.12. The van der Waals surface area contributed by atoms with E-state index in [-0.39, 0.29) is 11.5 Å². The van der Waals surface area contributed by atoms with Crippen molar-refractivity contribution in [3.8, 4) is 5.75 Å². The van der Waals surface area contributed by atoms with Crippen molar-refractivity contribution in [3.05, 3.63) is 85.9 Å². The maximum atomic E-state index is 14.4. The molecule has 0 aliphatic heterocycles. The number of aromatic hydroxyl groups is 1.